The Morgan fingerprint density at radius 3 is 2.69 bits per heavy atom. The largest absolute Gasteiger partial charge is 0.497 e. The molecule has 0 aliphatic carbocycles. The van der Waals surface area contributed by atoms with Crippen LogP contribution in [0.1, 0.15) is 32.4 Å². The summed E-state index contributed by atoms with van der Waals surface area (Å²) in [6.45, 7) is 6.92. The van der Waals surface area contributed by atoms with Crippen LogP contribution >= 0.6 is 11.3 Å². The molecule has 182 valence electrons. The van der Waals surface area contributed by atoms with Crippen LogP contribution in [-0.2, 0) is 11.2 Å². The number of carbonyl (C=O) groups excluding carboxylic acids is 2. The van der Waals surface area contributed by atoms with Gasteiger partial charge in [-0.05, 0) is 54.6 Å². The molecular weight excluding hydrogens is 460 g/mol. The van der Waals surface area contributed by atoms with Crippen LogP contribution in [0.5, 0.6) is 11.5 Å². The molecule has 0 fully saturated rings. The standard InChI is InChI=1S/C28H30N2O4S/c1-4-14-29(28(32)21-10-8-20(2)9-11-21)18-27(31)30-15-12-26-24(13-16-35-26)25(30)19-34-23-7-5-6-22(17-23)33-3/h4-11,13,16-17,25H,1,12,14-15,18-19H2,2-3H3/t25-/m0/s1. The molecule has 4 rings (SSSR count). The Morgan fingerprint density at radius 2 is 1.94 bits per heavy atom. The third-order valence-corrected chi connectivity index (χ3v) is 7.12. The average Bonchev–Trinajstić information content (AvgIpc) is 3.36. The maximum absolute atomic E-state index is 13.6. The first-order valence-electron chi connectivity index (χ1n) is 11.6. The van der Waals surface area contributed by atoms with E-state index in [9.17, 15) is 9.59 Å². The van der Waals surface area contributed by atoms with Gasteiger partial charge < -0.3 is 19.3 Å². The lowest BCUT2D eigenvalue weighted by Crippen LogP contribution is -2.47. The second-order valence-corrected chi connectivity index (χ2v) is 9.48. The van der Waals surface area contributed by atoms with Crippen LogP contribution < -0.4 is 9.47 Å². The highest BCUT2D eigenvalue weighted by Crippen LogP contribution is 2.34. The zero-order chi connectivity index (χ0) is 24.8. The number of hydrogen-bond donors (Lipinski definition) is 0. The molecule has 35 heavy (non-hydrogen) atoms. The number of thiophene rings is 1. The molecule has 1 aliphatic rings. The number of methoxy groups -OCH3 is 1. The summed E-state index contributed by atoms with van der Waals surface area (Å²) < 4.78 is 11.4. The van der Waals surface area contributed by atoms with Crippen molar-refractivity contribution in [3.05, 3.63) is 94.2 Å². The van der Waals surface area contributed by atoms with Crippen molar-refractivity contribution in [1.82, 2.24) is 9.80 Å². The number of benzene rings is 2. The predicted octanol–water partition coefficient (Wildman–Crippen LogP) is 4.90. The van der Waals surface area contributed by atoms with Gasteiger partial charge in [0.1, 0.15) is 24.7 Å². The van der Waals surface area contributed by atoms with Crippen molar-refractivity contribution in [3.63, 3.8) is 0 Å². The average molecular weight is 491 g/mol. The summed E-state index contributed by atoms with van der Waals surface area (Å²) in [7, 11) is 1.62. The van der Waals surface area contributed by atoms with Crippen molar-refractivity contribution in [3.8, 4) is 11.5 Å². The van der Waals surface area contributed by atoms with E-state index < -0.39 is 0 Å². The monoisotopic (exact) mass is 490 g/mol. The van der Waals surface area contributed by atoms with Crippen LogP contribution in [0.2, 0.25) is 0 Å². The number of nitrogens with zero attached hydrogens (tertiary/aromatic N) is 2. The quantitative estimate of drug-likeness (QED) is 0.401. The van der Waals surface area contributed by atoms with Gasteiger partial charge >= 0.3 is 0 Å². The molecule has 3 aromatic rings. The highest BCUT2D eigenvalue weighted by molar-refractivity contribution is 7.10. The normalized spacial score (nSPS) is 14.7. The van der Waals surface area contributed by atoms with Gasteiger partial charge in [-0.25, -0.2) is 0 Å². The van der Waals surface area contributed by atoms with Gasteiger partial charge in [-0.3, -0.25) is 9.59 Å². The number of amides is 2. The molecule has 2 aromatic carbocycles. The Morgan fingerprint density at radius 1 is 1.17 bits per heavy atom. The Hall–Kier alpha value is -3.58. The van der Waals surface area contributed by atoms with E-state index in [0.717, 1.165) is 17.5 Å². The number of aryl methyl sites for hydroxylation is 1. The summed E-state index contributed by atoms with van der Waals surface area (Å²) >= 11 is 1.70. The van der Waals surface area contributed by atoms with Crippen LogP contribution in [0.3, 0.4) is 0 Å². The van der Waals surface area contributed by atoms with Crippen LogP contribution in [0, 0.1) is 6.92 Å². The van der Waals surface area contributed by atoms with E-state index in [1.165, 1.54) is 4.88 Å². The third-order valence-electron chi connectivity index (χ3n) is 6.13. The highest BCUT2D eigenvalue weighted by Gasteiger charge is 2.33. The summed E-state index contributed by atoms with van der Waals surface area (Å²) in [5.74, 6) is 1.10. The number of rotatable bonds is 9. The molecule has 1 aliphatic heterocycles. The summed E-state index contributed by atoms with van der Waals surface area (Å²) in [5, 5.41) is 2.06. The maximum atomic E-state index is 13.6. The number of ether oxygens (including phenoxy) is 2. The maximum Gasteiger partial charge on any atom is 0.254 e. The topological polar surface area (TPSA) is 59.1 Å². The molecule has 0 unspecified atom stereocenters. The van der Waals surface area contributed by atoms with E-state index in [1.807, 2.05) is 48.2 Å². The lowest BCUT2D eigenvalue weighted by Gasteiger charge is -2.37. The fraction of sp³-hybridized carbons (Fsp3) is 0.286. The van der Waals surface area contributed by atoms with Gasteiger partial charge in [0.25, 0.3) is 5.91 Å². The lowest BCUT2D eigenvalue weighted by atomic mass is 10.0. The van der Waals surface area contributed by atoms with Crippen LogP contribution in [0.4, 0.5) is 0 Å². The molecule has 0 spiro atoms. The third kappa shape index (κ3) is 5.74. The van der Waals surface area contributed by atoms with Crippen molar-refractivity contribution in [2.75, 3.05) is 33.4 Å². The molecule has 7 heteroatoms. The van der Waals surface area contributed by atoms with E-state index in [-0.39, 0.29) is 24.4 Å². The molecular formula is C28H30N2O4S. The molecule has 2 amide bonds. The highest BCUT2D eigenvalue weighted by atomic mass is 32.1. The van der Waals surface area contributed by atoms with Crippen LogP contribution in [-0.4, -0.2) is 55.0 Å². The Kier molecular flexibility index (Phi) is 7.87. The fourth-order valence-electron chi connectivity index (χ4n) is 4.25. The van der Waals surface area contributed by atoms with E-state index in [4.69, 9.17) is 9.47 Å². The summed E-state index contributed by atoms with van der Waals surface area (Å²) in [6, 6.07) is 16.7. The fourth-order valence-corrected chi connectivity index (χ4v) is 5.18. The number of hydrogen-bond acceptors (Lipinski definition) is 5. The molecule has 0 radical (unpaired) electrons. The molecule has 0 saturated heterocycles. The van der Waals surface area contributed by atoms with Gasteiger partial charge in [0, 0.05) is 29.6 Å². The van der Waals surface area contributed by atoms with Gasteiger partial charge in [0.05, 0.1) is 13.2 Å². The van der Waals surface area contributed by atoms with Crippen molar-refractivity contribution < 1.29 is 19.1 Å². The van der Waals surface area contributed by atoms with E-state index >= 15 is 0 Å². The summed E-state index contributed by atoms with van der Waals surface area (Å²) in [5.41, 5.74) is 2.74. The molecule has 0 N–H and O–H groups in total. The van der Waals surface area contributed by atoms with Gasteiger partial charge in [-0.1, -0.05) is 29.8 Å². The summed E-state index contributed by atoms with van der Waals surface area (Å²) in [4.78, 5) is 31.4. The van der Waals surface area contributed by atoms with Crippen LogP contribution in [0.15, 0.2) is 72.6 Å². The van der Waals surface area contributed by atoms with Crippen molar-refractivity contribution >= 4 is 23.2 Å². The SMILES string of the molecule is C=CCN(CC(=O)N1CCc2sccc2[C@@H]1COc1cccc(OC)c1)C(=O)c1ccc(C)cc1. The second kappa shape index (κ2) is 11.2. The first-order valence-corrected chi connectivity index (χ1v) is 12.5. The van der Waals surface area contributed by atoms with Crippen molar-refractivity contribution in [1.29, 1.82) is 0 Å². The smallest absolute Gasteiger partial charge is 0.254 e. The van der Waals surface area contributed by atoms with E-state index in [1.54, 1.807) is 41.6 Å². The molecule has 1 aromatic heterocycles. The molecule has 2 heterocycles. The lowest BCUT2D eigenvalue weighted by molar-refractivity contribution is -0.135. The number of carbonyl (C=O) groups is 2. The van der Waals surface area contributed by atoms with Crippen molar-refractivity contribution in [2.24, 2.45) is 0 Å². The predicted molar refractivity (Wildman–Crippen MR) is 138 cm³/mol. The Balaban J connectivity index is 1.52. The van der Waals surface area contributed by atoms with Crippen molar-refractivity contribution in [2.45, 2.75) is 19.4 Å². The van der Waals surface area contributed by atoms with E-state index in [0.29, 0.717) is 36.8 Å². The number of fused-ring (bicyclic) bond motifs is 1. The van der Waals surface area contributed by atoms with E-state index in [2.05, 4.69) is 18.0 Å². The van der Waals surface area contributed by atoms with Gasteiger partial charge in [0.2, 0.25) is 5.91 Å². The van der Waals surface area contributed by atoms with Gasteiger partial charge in [-0.2, -0.15) is 0 Å². The first kappa shape index (κ1) is 24.5. The molecule has 0 saturated carbocycles. The zero-order valence-corrected chi connectivity index (χ0v) is 20.9. The molecule has 0 bridgehead atoms. The minimum absolute atomic E-state index is 0.0200. The zero-order valence-electron chi connectivity index (χ0n) is 20.1. The second-order valence-electron chi connectivity index (χ2n) is 8.48. The first-order chi connectivity index (χ1) is 17.0. The van der Waals surface area contributed by atoms with Gasteiger partial charge in [0.15, 0.2) is 0 Å². The minimum atomic E-state index is -0.233. The molecule has 6 nitrogen and oxygen atoms in total. The summed E-state index contributed by atoms with van der Waals surface area (Å²) in [6.07, 6.45) is 2.44. The molecule has 1 atom stereocenters. The van der Waals surface area contributed by atoms with Crippen LogP contribution in [0.25, 0.3) is 0 Å². The minimum Gasteiger partial charge on any atom is -0.497 e. The Bertz CT molecular complexity index is 1190. The van der Waals surface area contributed by atoms with Gasteiger partial charge in [-0.15, -0.1) is 17.9 Å². The Labute approximate surface area is 210 Å².